The molecular formula is C20H19N5OS2. The Morgan fingerprint density at radius 1 is 1.14 bits per heavy atom. The van der Waals surface area contributed by atoms with Gasteiger partial charge in [0.1, 0.15) is 10.7 Å². The van der Waals surface area contributed by atoms with E-state index in [-0.39, 0.29) is 11.8 Å². The van der Waals surface area contributed by atoms with Gasteiger partial charge in [-0.2, -0.15) is 5.10 Å². The minimum atomic E-state index is -0.228. The van der Waals surface area contributed by atoms with Gasteiger partial charge in [0, 0.05) is 12.1 Å². The smallest absolute Gasteiger partial charge is 0.261 e. The molecule has 0 aliphatic carbocycles. The van der Waals surface area contributed by atoms with E-state index in [0.29, 0.717) is 22.9 Å². The van der Waals surface area contributed by atoms with E-state index >= 15 is 0 Å². The zero-order valence-electron chi connectivity index (χ0n) is 15.5. The summed E-state index contributed by atoms with van der Waals surface area (Å²) in [5, 5.41) is 19.1. The van der Waals surface area contributed by atoms with Gasteiger partial charge < -0.3 is 0 Å². The van der Waals surface area contributed by atoms with Crippen LogP contribution < -0.4 is 5.32 Å². The van der Waals surface area contributed by atoms with E-state index in [4.69, 9.17) is 0 Å². The molecule has 3 aromatic heterocycles. The van der Waals surface area contributed by atoms with Gasteiger partial charge in [-0.25, -0.2) is 0 Å². The van der Waals surface area contributed by atoms with Crippen LogP contribution in [0.2, 0.25) is 0 Å². The van der Waals surface area contributed by atoms with Gasteiger partial charge in [0.2, 0.25) is 5.13 Å². The van der Waals surface area contributed by atoms with Crippen LogP contribution >= 0.6 is 22.7 Å². The van der Waals surface area contributed by atoms with Crippen LogP contribution in [0.1, 0.15) is 40.7 Å². The third-order valence-electron chi connectivity index (χ3n) is 4.10. The molecule has 1 aromatic carbocycles. The summed E-state index contributed by atoms with van der Waals surface area (Å²) in [7, 11) is 0. The second-order valence-corrected chi connectivity index (χ2v) is 8.56. The molecule has 0 bridgehead atoms. The van der Waals surface area contributed by atoms with Gasteiger partial charge in [0.25, 0.3) is 5.91 Å². The summed E-state index contributed by atoms with van der Waals surface area (Å²) in [6, 6.07) is 14.0. The fourth-order valence-corrected chi connectivity index (χ4v) is 4.18. The van der Waals surface area contributed by atoms with E-state index in [1.807, 2.05) is 47.8 Å². The van der Waals surface area contributed by atoms with E-state index in [2.05, 4.69) is 34.5 Å². The van der Waals surface area contributed by atoms with Gasteiger partial charge in [-0.3, -0.25) is 14.8 Å². The Balaban J connectivity index is 1.63. The largest absolute Gasteiger partial charge is 0.296 e. The van der Waals surface area contributed by atoms with Gasteiger partial charge in [-0.15, -0.1) is 21.5 Å². The molecule has 0 atom stereocenters. The summed E-state index contributed by atoms with van der Waals surface area (Å²) in [6.45, 7) is 4.70. The molecule has 0 aliphatic heterocycles. The van der Waals surface area contributed by atoms with Crippen LogP contribution in [0.15, 0.2) is 54.0 Å². The number of carbonyl (C=O) groups excluding carboxylic acids is 1. The van der Waals surface area contributed by atoms with Gasteiger partial charge in [-0.05, 0) is 17.0 Å². The summed E-state index contributed by atoms with van der Waals surface area (Å²) < 4.78 is 1.80. The molecule has 0 radical (unpaired) electrons. The number of thiophene rings is 1. The Bertz CT molecular complexity index is 1070. The summed E-state index contributed by atoms with van der Waals surface area (Å²) in [4.78, 5) is 13.9. The molecule has 6 nitrogen and oxygen atoms in total. The molecule has 0 saturated heterocycles. The third kappa shape index (κ3) is 4.02. The van der Waals surface area contributed by atoms with Crippen LogP contribution in [0.25, 0.3) is 10.6 Å². The van der Waals surface area contributed by atoms with Gasteiger partial charge >= 0.3 is 0 Å². The average Bonchev–Trinajstić information content (AvgIpc) is 3.43. The number of nitrogens with zero attached hydrogens (tertiary/aromatic N) is 4. The molecule has 1 N–H and O–H groups in total. The zero-order valence-corrected chi connectivity index (χ0v) is 17.1. The summed E-state index contributed by atoms with van der Waals surface area (Å²) >= 11 is 2.96. The van der Waals surface area contributed by atoms with Crippen molar-refractivity contribution in [1.82, 2.24) is 20.0 Å². The molecule has 8 heteroatoms. The van der Waals surface area contributed by atoms with E-state index < -0.39 is 0 Å². The number of carbonyl (C=O) groups is 1. The topological polar surface area (TPSA) is 72.7 Å². The van der Waals surface area contributed by atoms with Gasteiger partial charge in [0.15, 0.2) is 0 Å². The molecule has 4 aromatic rings. The van der Waals surface area contributed by atoms with E-state index in [0.717, 1.165) is 15.4 Å². The highest BCUT2D eigenvalue weighted by Gasteiger charge is 2.20. The highest BCUT2D eigenvalue weighted by Crippen LogP contribution is 2.28. The number of anilines is 1. The Morgan fingerprint density at radius 3 is 2.64 bits per heavy atom. The van der Waals surface area contributed by atoms with E-state index in [1.54, 1.807) is 22.2 Å². The Labute approximate surface area is 170 Å². The number of rotatable bonds is 6. The normalized spacial score (nSPS) is 11.1. The first kappa shape index (κ1) is 18.5. The van der Waals surface area contributed by atoms with Crippen molar-refractivity contribution in [2.45, 2.75) is 26.3 Å². The first-order valence-electron chi connectivity index (χ1n) is 8.90. The predicted octanol–water partition coefficient (Wildman–Crippen LogP) is 4.89. The van der Waals surface area contributed by atoms with Crippen molar-refractivity contribution in [3.05, 3.63) is 70.2 Å². The van der Waals surface area contributed by atoms with Crippen LogP contribution in [0.5, 0.6) is 0 Å². The molecule has 0 aliphatic rings. The molecule has 0 saturated carbocycles. The SMILES string of the molecule is CC(C)c1nnc(NC(=O)c2cn(Cc3ccccc3)nc2-c2cccs2)s1. The fourth-order valence-electron chi connectivity index (χ4n) is 2.72. The number of benzene rings is 1. The lowest BCUT2D eigenvalue weighted by molar-refractivity contribution is 0.102. The second kappa shape index (κ2) is 8.04. The predicted molar refractivity (Wildman–Crippen MR) is 113 cm³/mol. The highest BCUT2D eigenvalue weighted by atomic mass is 32.1. The van der Waals surface area contributed by atoms with Crippen molar-refractivity contribution in [2.24, 2.45) is 0 Å². The van der Waals surface area contributed by atoms with Gasteiger partial charge in [0.05, 0.1) is 17.0 Å². The minimum absolute atomic E-state index is 0.228. The maximum Gasteiger partial charge on any atom is 0.261 e. The van der Waals surface area contributed by atoms with Crippen LogP contribution in [-0.2, 0) is 6.54 Å². The molecule has 3 heterocycles. The lowest BCUT2D eigenvalue weighted by Crippen LogP contribution is -2.12. The maximum absolute atomic E-state index is 13.0. The molecule has 28 heavy (non-hydrogen) atoms. The van der Waals surface area contributed by atoms with Crippen molar-refractivity contribution in [2.75, 3.05) is 5.32 Å². The zero-order chi connectivity index (χ0) is 19.5. The maximum atomic E-state index is 13.0. The number of nitrogens with one attached hydrogen (secondary N) is 1. The monoisotopic (exact) mass is 409 g/mol. The van der Waals surface area contributed by atoms with Crippen molar-refractivity contribution in [3.63, 3.8) is 0 Å². The molecule has 4 rings (SSSR count). The molecule has 0 fully saturated rings. The average molecular weight is 410 g/mol. The van der Waals surface area contributed by atoms with Crippen molar-refractivity contribution < 1.29 is 4.79 Å². The van der Waals surface area contributed by atoms with Crippen LogP contribution in [0.3, 0.4) is 0 Å². The van der Waals surface area contributed by atoms with Crippen molar-refractivity contribution in [3.8, 4) is 10.6 Å². The Kier molecular flexibility index (Phi) is 5.31. The third-order valence-corrected chi connectivity index (χ3v) is 6.12. The standard InChI is InChI=1S/C20H19N5OS2/c1-13(2)19-22-23-20(28-19)21-18(26)15-12-25(11-14-7-4-3-5-8-14)24-17(15)16-9-6-10-27-16/h3-10,12-13H,11H2,1-2H3,(H,21,23,26). The highest BCUT2D eigenvalue weighted by molar-refractivity contribution is 7.15. The Hall–Kier alpha value is -2.84. The second-order valence-electron chi connectivity index (χ2n) is 6.61. The molecule has 0 spiro atoms. The molecule has 0 unspecified atom stereocenters. The minimum Gasteiger partial charge on any atom is -0.296 e. The molecular weight excluding hydrogens is 390 g/mol. The van der Waals surface area contributed by atoms with Gasteiger partial charge in [-0.1, -0.05) is 61.6 Å². The number of aromatic nitrogens is 4. The first-order chi connectivity index (χ1) is 13.6. The number of hydrogen-bond donors (Lipinski definition) is 1. The fraction of sp³-hybridized carbons (Fsp3) is 0.200. The molecule has 1 amide bonds. The van der Waals surface area contributed by atoms with Crippen molar-refractivity contribution >= 4 is 33.7 Å². The lowest BCUT2D eigenvalue weighted by Gasteiger charge is -2.00. The van der Waals surface area contributed by atoms with Crippen LogP contribution in [0, 0.1) is 0 Å². The summed E-state index contributed by atoms with van der Waals surface area (Å²) in [5.74, 6) is 0.0487. The van der Waals surface area contributed by atoms with E-state index in [9.17, 15) is 4.79 Å². The van der Waals surface area contributed by atoms with Crippen molar-refractivity contribution in [1.29, 1.82) is 0 Å². The summed E-state index contributed by atoms with van der Waals surface area (Å²) in [6.07, 6.45) is 1.79. The lowest BCUT2D eigenvalue weighted by atomic mass is 10.2. The summed E-state index contributed by atoms with van der Waals surface area (Å²) in [5.41, 5.74) is 2.33. The molecule has 142 valence electrons. The van der Waals surface area contributed by atoms with Crippen LogP contribution in [-0.4, -0.2) is 25.9 Å². The quantitative estimate of drug-likeness (QED) is 0.492. The Morgan fingerprint density at radius 2 is 1.96 bits per heavy atom. The van der Waals surface area contributed by atoms with Crippen LogP contribution in [0.4, 0.5) is 5.13 Å². The first-order valence-corrected chi connectivity index (χ1v) is 10.6. The number of hydrogen-bond acceptors (Lipinski definition) is 6. The number of amides is 1. The van der Waals surface area contributed by atoms with E-state index in [1.165, 1.54) is 11.3 Å².